The third-order valence-corrected chi connectivity index (χ3v) is 6.41. The van der Waals surface area contributed by atoms with E-state index in [0.717, 1.165) is 55.7 Å². The second kappa shape index (κ2) is 10.1. The number of hydrogen-bond donors (Lipinski definition) is 1. The van der Waals surface area contributed by atoms with E-state index in [1.54, 1.807) is 12.1 Å². The summed E-state index contributed by atoms with van der Waals surface area (Å²) >= 11 is 1.12. The number of Topliss-reactive ketones (excluding diaryl/α,β-unsaturated/α-hetero) is 1. The molecule has 0 saturated carbocycles. The Balaban J connectivity index is 1.56. The standard InChI is InChI=1S/C23H28FN3O2S/c1-4-26-9-11-27(12-10-26)19-6-7-21(16(2)13-19)25-23(29)15-30-22-8-5-18(17(3)28)14-20(22)24/h5-8,13-14H,4,9-12,15H2,1-3H3,(H,25,29). The fourth-order valence-corrected chi connectivity index (χ4v) is 4.19. The lowest BCUT2D eigenvalue weighted by Crippen LogP contribution is -2.46. The van der Waals surface area contributed by atoms with Crippen molar-refractivity contribution < 1.29 is 14.0 Å². The summed E-state index contributed by atoms with van der Waals surface area (Å²) in [6.07, 6.45) is 0. The van der Waals surface area contributed by atoms with Gasteiger partial charge in [0.1, 0.15) is 5.82 Å². The number of likely N-dealkylation sites (N-methyl/N-ethyl adjacent to an activating group) is 1. The molecule has 0 spiro atoms. The maximum absolute atomic E-state index is 14.1. The molecule has 5 nitrogen and oxygen atoms in total. The van der Waals surface area contributed by atoms with E-state index < -0.39 is 5.82 Å². The molecule has 0 radical (unpaired) electrons. The van der Waals surface area contributed by atoms with Gasteiger partial charge in [-0.25, -0.2) is 4.39 Å². The van der Waals surface area contributed by atoms with E-state index in [2.05, 4.69) is 28.1 Å². The fourth-order valence-electron chi connectivity index (χ4n) is 3.47. The lowest BCUT2D eigenvalue weighted by atomic mass is 10.1. The number of nitrogens with one attached hydrogen (secondary N) is 1. The Morgan fingerprint density at radius 1 is 1.10 bits per heavy atom. The van der Waals surface area contributed by atoms with E-state index in [4.69, 9.17) is 0 Å². The van der Waals surface area contributed by atoms with Crippen molar-refractivity contribution >= 4 is 34.8 Å². The summed E-state index contributed by atoms with van der Waals surface area (Å²) < 4.78 is 14.1. The van der Waals surface area contributed by atoms with Gasteiger partial charge in [0, 0.05) is 48.0 Å². The van der Waals surface area contributed by atoms with Crippen LogP contribution in [-0.2, 0) is 4.79 Å². The Morgan fingerprint density at radius 3 is 2.43 bits per heavy atom. The Labute approximate surface area is 181 Å². The highest BCUT2D eigenvalue weighted by molar-refractivity contribution is 8.00. The van der Waals surface area contributed by atoms with Crippen molar-refractivity contribution in [3.05, 3.63) is 53.3 Å². The lowest BCUT2D eigenvalue weighted by Gasteiger charge is -2.35. The normalized spacial score (nSPS) is 14.6. The van der Waals surface area contributed by atoms with Crippen LogP contribution in [0.1, 0.15) is 29.8 Å². The van der Waals surface area contributed by atoms with Gasteiger partial charge in [0.05, 0.1) is 5.75 Å². The Hall–Kier alpha value is -2.38. The van der Waals surface area contributed by atoms with Crippen LogP contribution in [0.25, 0.3) is 0 Å². The predicted octanol–water partition coefficient (Wildman–Crippen LogP) is 4.21. The van der Waals surface area contributed by atoms with E-state index in [9.17, 15) is 14.0 Å². The van der Waals surface area contributed by atoms with E-state index in [0.29, 0.717) is 10.5 Å². The number of halogens is 1. The first-order valence-corrected chi connectivity index (χ1v) is 11.2. The highest BCUT2D eigenvalue weighted by Gasteiger charge is 2.17. The third kappa shape index (κ3) is 5.61. The molecule has 160 valence electrons. The van der Waals surface area contributed by atoms with Gasteiger partial charge in [-0.1, -0.05) is 13.0 Å². The second-order valence-electron chi connectivity index (χ2n) is 7.46. The van der Waals surface area contributed by atoms with E-state index in [-0.39, 0.29) is 17.4 Å². The molecule has 2 aromatic rings. The van der Waals surface area contributed by atoms with Crippen molar-refractivity contribution in [1.29, 1.82) is 0 Å². The van der Waals surface area contributed by atoms with Crippen LogP contribution in [0.2, 0.25) is 0 Å². The van der Waals surface area contributed by atoms with Gasteiger partial charge in [0.15, 0.2) is 5.78 Å². The number of piperazine rings is 1. The molecule has 1 heterocycles. The number of ketones is 1. The molecule has 1 aliphatic rings. The molecule has 3 rings (SSSR count). The van der Waals surface area contributed by atoms with E-state index in [1.165, 1.54) is 18.7 Å². The first-order valence-electron chi connectivity index (χ1n) is 10.2. The van der Waals surface area contributed by atoms with Crippen LogP contribution in [-0.4, -0.2) is 55.1 Å². The zero-order valence-electron chi connectivity index (χ0n) is 17.7. The highest BCUT2D eigenvalue weighted by atomic mass is 32.2. The Morgan fingerprint density at radius 2 is 1.83 bits per heavy atom. The van der Waals surface area contributed by atoms with Crippen LogP contribution < -0.4 is 10.2 Å². The topological polar surface area (TPSA) is 52.6 Å². The van der Waals surface area contributed by atoms with Crippen LogP contribution in [0, 0.1) is 12.7 Å². The molecule has 0 atom stereocenters. The fraction of sp³-hybridized carbons (Fsp3) is 0.391. The van der Waals surface area contributed by atoms with Gasteiger partial charge >= 0.3 is 0 Å². The van der Waals surface area contributed by atoms with Gasteiger partial charge in [0.25, 0.3) is 0 Å². The number of aryl methyl sites for hydroxylation is 1. The molecule has 2 aromatic carbocycles. The molecular formula is C23H28FN3O2S. The third-order valence-electron chi connectivity index (χ3n) is 5.37. The zero-order valence-corrected chi connectivity index (χ0v) is 18.5. The minimum Gasteiger partial charge on any atom is -0.369 e. The molecule has 1 N–H and O–H groups in total. The van der Waals surface area contributed by atoms with Crippen LogP contribution in [0.4, 0.5) is 15.8 Å². The molecule has 0 unspecified atom stereocenters. The number of thioether (sulfide) groups is 1. The number of anilines is 2. The lowest BCUT2D eigenvalue weighted by molar-refractivity contribution is -0.113. The van der Waals surface area contributed by atoms with Crippen molar-refractivity contribution in [1.82, 2.24) is 4.90 Å². The van der Waals surface area contributed by atoms with Crippen molar-refractivity contribution in [3.63, 3.8) is 0 Å². The summed E-state index contributed by atoms with van der Waals surface area (Å²) in [5, 5.41) is 2.91. The number of hydrogen-bond acceptors (Lipinski definition) is 5. The van der Waals surface area contributed by atoms with Crippen molar-refractivity contribution in [3.8, 4) is 0 Å². The molecule has 30 heavy (non-hydrogen) atoms. The van der Waals surface area contributed by atoms with Crippen LogP contribution in [0.5, 0.6) is 0 Å². The van der Waals surface area contributed by atoms with Gasteiger partial charge in [-0.3, -0.25) is 9.59 Å². The van der Waals surface area contributed by atoms with Crippen molar-refractivity contribution in [2.75, 3.05) is 48.7 Å². The summed E-state index contributed by atoms with van der Waals surface area (Å²) in [6, 6.07) is 10.4. The molecule has 1 aliphatic heterocycles. The smallest absolute Gasteiger partial charge is 0.234 e. The van der Waals surface area contributed by atoms with Crippen molar-refractivity contribution in [2.24, 2.45) is 0 Å². The molecular weight excluding hydrogens is 401 g/mol. The average Bonchev–Trinajstić information content (AvgIpc) is 2.74. The van der Waals surface area contributed by atoms with Gasteiger partial charge < -0.3 is 15.1 Å². The summed E-state index contributed by atoms with van der Waals surface area (Å²) in [6.45, 7) is 10.8. The van der Waals surface area contributed by atoms with Crippen LogP contribution in [0.15, 0.2) is 41.3 Å². The number of amides is 1. The molecule has 1 fully saturated rings. The second-order valence-corrected chi connectivity index (χ2v) is 8.48. The first-order chi connectivity index (χ1) is 14.4. The Bertz CT molecular complexity index is 927. The quantitative estimate of drug-likeness (QED) is 0.528. The maximum atomic E-state index is 14.1. The molecule has 1 saturated heterocycles. The number of carbonyl (C=O) groups is 2. The van der Waals surface area contributed by atoms with Gasteiger partial charge in [-0.05, 0) is 56.3 Å². The molecule has 0 aromatic heterocycles. The number of nitrogens with zero attached hydrogens (tertiary/aromatic N) is 2. The molecule has 1 amide bonds. The van der Waals surface area contributed by atoms with Crippen molar-refractivity contribution in [2.45, 2.75) is 25.7 Å². The summed E-state index contributed by atoms with van der Waals surface area (Å²) in [5.74, 6) is -0.766. The number of benzene rings is 2. The van der Waals surface area contributed by atoms with Crippen LogP contribution in [0.3, 0.4) is 0 Å². The van der Waals surface area contributed by atoms with E-state index in [1.807, 2.05) is 19.1 Å². The van der Waals surface area contributed by atoms with Gasteiger partial charge in [-0.2, -0.15) is 0 Å². The van der Waals surface area contributed by atoms with E-state index >= 15 is 0 Å². The highest BCUT2D eigenvalue weighted by Crippen LogP contribution is 2.26. The van der Waals surface area contributed by atoms with Gasteiger partial charge in [-0.15, -0.1) is 11.8 Å². The van der Waals surface area contributed by atoms with Gasteiger partial charge in [0.2, 0.25) is 5.91 Å². The summed E-state index contributed by atoms with van der Waals surface area (Å²) in [7, 11) is 0. The zero-order chi connectivity index (χ0) is 21.7. The largest absolute Gasteiger partial charge is 0.369 e. The number of rotatable bonds is 7. The summed E-state index contributed by atoms with van der Waals surface area (Å²) in [4.78, 5) is 28.8. The van der Waals surface area contributed by atoms with Crippen LogP contribution >= 0.6 is 11.8 Å². The maximum Gasteiger partial charge on any atom is 0.234 e. The molecule has 7 heteroatoms. The minimum absolute atomic E-state index is 0.0938. The Kier molecular flexibility index (Phi) is 7.50. The first kappa shape index (κ1) is 22.3. The SMILES string of the molecule is CCN1CCN(c2ccc(NC(=O)CSc3ccc(C(C)=O)cc3F)c(C)c2)CC1. The predicted molar refractivity (Wildman–Crippen MR) is 121 cm³/mol. The number of carbonyl (C=O) groups excluding carboxylic acids is 2. The monoisotopic (exact) mass is 429 g/mol. The minimum atomic E-state index is -0.482. The summed E-state index contributed by atoms with van der Waals surface area (Å²) in [5.41, 5.74) is 3.26. The molecule has 0 aliphatic carbocycles. The molecule has 0 bridgehead atoms. The average molecular weight is 430 g/mol.